The number of methoxy groups -OCH3 is 1. The third kappa shape index (κ3) is 6.05. The predicted molar refractivity (Wildman–Crippen MR) is 116 cm³/mol. The molecule has 2 rings (SSSR count). The smallest absolute Gasteiger partial charge is 0.337 e. The maximum Gasteiger partial charge on any atom is 0.337 e. The number of ether oxygens (including phenoxy) is 1. The first-order valence-corrected chi connectivity index (χ1v) is 9.57. The lowest BCUT2D eigenvalue weighted by Crippen LogP contribution is -3.07. The second kappa shape index (κ2) is 10.4. The third-order valence-electron chi connectivity index (χ3n) is 4.75. The average molecular weight is 413 g/mol. The molecule has 0 heterocycles. The van der Waals surface area contributed by atoms with Gasteiger partial charge in [0.25, 0.3) is 0 Å². The van der Waals surface area contributed by atoms with E-state index in [0.29, 0.717) is 17.8 Å². The summed E-state index contributed by atoms with van der Waals surface area (Å²) in [5.41, 5.74) is 2.93. The van der Waals surface area contributed by atoms with Gasteiger partial charge in [0.05, 0.1) is 33.3 Å². The molecule has 2 amide bonds. The number of anilines is 2. The Balaban J connectivity index is 1.96. The van der Waals surface area contributed by atoms with E-state index in [4.69, 9.17) is 0 Å². The van der Waals surface area contributed by atoms with Crippen LogP contribution in [0.1, 0.15) is 22.0 Å². The van der Waals surface area contributed by atoms with Crippen LogP contribution in [-0.2, 0) is 14.3 Å². The summed E-state index contributed by atoms with van der Waals surface area (Å²) < 4.78 is 4.63. The van der Waals surface area contributed by atoms with E-state index in [2.05, 4.69) is 15.4 Å². The van der Waals surface area contributed by atoms with Crippen molar-refractivity contribution in [3.63, 3.8) is 0 Å². The quantitative estimate of drug-likeness (QED) is 0.454. The third-order valence-corrected chi connectivity index (χ3v) is 4.75. The summed E-state index contributed by atoms with van der Waals surface area (Å²) in [7, 11) is 9.25. The van der Waals surface area contributed by atoms with Crippen molar-refractivity contribution >= 4 is 29.2 Å². The number of carbonyl (C=O) groups excluding carboxylic acids is 3. The summed E-state index contributed by atoms with van der Waals surface area (Å²) in [6, 6.07) is 14.2. The molecule has 8 nitrogen and oxygen atoms in total. The SMILES string of the molecule is COC(=O)c1ccc(NC(=O)C(=O)NC[C@@H](c2ccc(N(C)C)cc2)[NH+](C)C)cc1. The average Bonchev–Trinajstić information content (AvgIpc) is 2.73. The molecular formula is C22H29N4O4+. The molecule has 0 aromatic heterocycles. The van der Waals surface area contributed by atoms with Crippen molar-refractivity contribution in [1.82, 2.24) is 5.32 Å². The predicted octanol–water partition coefficient (Wildman–Crippen LogP) is 0.480. The lowest BCUT2D eigenvalue weighted by Gasteiger charge is -2.23. The molecule has 2 aromatic carbocycles. The summed E-state index contributed by atoms with van der Waals surface area (Å²) in [6.07, 6.45) is 0. The van der Waals surface area contributed by atoms with Gasteiger partial charge in [0, 0.05) is 31.0 Å². The molecule has 0 aliphatic heterocycles. The molecule has 0 spiro atoms. The van der Waals surface area contributed by atoms with Gasteiger partial charge >= 0.3 is 17.8 Å². The van der Waals surface area contributed by atoms with Crippen LogP contribution in [0.15, 0.2) is 48.5 Å². The standard InChI is InChI=1S/C22H28N4O4/c1-25(2)18-12-8-15(9-13-18)19(26(3)4)14-23-20(27)21(28)24-17-10-6-16(7-11-17)22(29)30-5/h6-13,19H,14H2,1-5H3,(H,23,27)(H,24,28)/p+1/t19-/m0/s1. The van der Waals surface area contributed by atoms with Crippen LogP contribution in [-0.4, -0.2) is 59.6 Å². The Morgan fingerprint density at radius 3 is 2.07 bits per heavy atom. The number of rotatable bonds is 7. The number of nitrogens with one attached hydrogen (secondary N) is 3. The molecule has 0 bridgehead atoms. The molecule has 0 saturated heterocycles. The zero-order chi connectivity index (χ0) is 22.3. The van der Waals surface area contributed by atoms with Crippen LogP contribution in [0.4, 0.5) is 11.4 Å². The number of hydrogen-bond donors (Lipinski definition) is 3. The van der Waals surface area contributed by atoms with E-state index in [0.717, 1.165) is 16.2 Å². The van der Waals surface area contributed by atoms with Gasteiger partial charge in [-0.25, -0.2) is 4.79 Å². The molecule has 8 heteroatoms. The van der Waals surface area contributed by atoms with Gasteiger partial charge in [0.1, 0.15) is 6.04 Å². The molecule has 30 heavy (non-hydrogen) atoms. The van der Waals surface area contributed by atoms with Gasteiger partial charge in [0.2, 0.25) is 0 Å². The topological polar surface area (TPSA) is 92.2 Å². The van der Waals surface area contributed by atoms with E-state index >= 15 is 0 Å². The fourth-order valence-corrected chi connectivity index (χ4v) is 2.93. The number of nitrogens with zero attached hydrogens (tertiary/aromatic N) is 1. The molecule has 0 unspecified atom stereocenters. The minimum absolute atomic E-state index is 0.00250. The molecule has 0 aliphatic rings. The van der Waals surface area contributed by atoms with E-state index in [-0.39, 0.29) is 6.04 Å². The molecule has 1 atom stereocenters. The molecule has 0 radical (unpaired) electrons. The van der Waals surface area contributed by atoms with Gasteiger partial charge in [0.15, 0.2) is 0 Å². The van der Waals surface area contributed by atoms with Gasteiger partial charge in [-0.2, -0.15) is 0 Å². The van der Waals surface area contributed by atoms with E-state index in [1.54, 1.807) is 0 Å². The van der Waals surface area contributed by atoms with Crippen LogP contribution < -0.4 is 20.4 Å². The maximum absolute atomic E-state index is 12.3. The van der Waals surface area contributed by atoms with E-state index in [1.165, 1.54) is 31.4 Å². The fraction of sp³-hybridized carbons (Fsp3) is 0.318. The number of quaternary nitrogens is 1. The highest BCUT2D eigenvalue weighted by molar-refractivity contribution is 6.39. The van der Waals surface area contributed by atoms with Crippen molar-refractivity contribution in [2.75, 3.05) is 52.1 Å². The van der Waals surface area contributed by atoms with Gasteiger partial charge in [-0.05, 0) is 36.4 Å². The Hall–Kier alpha value is -3.39. The molecular weight excluding hydrogens is 384 g/mol. The monoisotopic (exact) mass is 413 g/mol. The highest BCUT2D eigenvalue weighted by Crippen LogP contribution is 2.16. The van der Waals surface area contributed by atoms with Crippen LogP contribution >= 0.6 is 0 Å². The van der Waals surface area contributed by atoms with Gasteiger partial charge in [-0.15, -0.1) is 0 Å². The van der Waals surface area contributed by atoms with E-state index in [9.17, 15) is 14.4 Å². The van der Waals surface area contributed by atoms with Gasteiger partial charge < -0.3 is 25.2 Å². The zero-order valence-electron chi connectivity index (χ0n) is 18.0. The molecule has 0 fully saturated rings. The summed E-state index contributed by atoms with van der Waals surface area (Å²) in [5, 5.41) is 5.23. The van der Waals surface area contributed by atoms with Gasteiger partial charge in [-0.3, -0.25) is 9.59 Å². The molecule has 0 saturated carbocycles. The Labute approximate surface area is 176 Å². The number of esters is 1. The molecule has 3 N–H and O–H groups in total. The molecule has 2 aromatic rings. The van der Waals surface area contributed by atoms with Crippen LogP contribution in [0.25, 0.3) is 0 Å². The second-order valence-electron chi connectivity index (χ2n) is 7.35. The van der Waals surface area contributed by atoms with Crippen molar-refractivity contribution in [3.8, 4) is 0 Å². The van der Waals surface area contributed by atoms with E-state index < -0.39 is 17.8 Å². The minimum Gasteiger partial charge on any atom is -0.465 e. The number of hydrogen-bond acceptors (Lipinski definition) is 5. The molecule has 0 aliphatic carbocycles. The van der Waals surface area contributed by atoms with Crippen molar-refractivity contribution < 1.29 is 24.0 Å². The lowest BCUT2D eigenvalue weighted by atomic mass is 10.1. The summed E-state index contributed by atoms with van der Waals surface area (Å²) >= 11 is 0. The summed E-state index contributed by atoms with van der Waals surface area (Å²) in [6.45, 7) is 0.317. The number of carbonyl (C=O) groups is 3. The molecule has 160 valence electrons. The summed E-state index contributed by atoms with van der Waals surface area (Å²) in [4.78, 5) is 39.1. The summed E-state index contributed by atoms with van der Waals surface area (Å²) in [5.74, 6) is -1.96. The lowest BCUT2D eigenvalue weighted by molar-refractivity contribution is -0.890. The first kappa shape index (κ1) is 22.9. The van der Waals surface area contributed by atoms with Crippen molar-refractivity contribution in [2.24, 2.45) is 0 Å². The van der Waals surface area contributed by atoms with Crippen molar-refractivity contribution in [3.05, 3.63) is 59.7 Å². The minimum atomic E-state index is -0.767. The highest BCUT2D eigenvalue weighted by Gasteiger charge is 2.21. The van der Waals surface area contributed by atoms with Crippen molar-refractivity contribution in [2.45, 2.75) is 6.04 Å². The Morgan fingerprint density at radius 1 is 0.967 bits per heavy atom. The van der Waals surface area contributed by atoms with E-state index in [1.807, 2.05) is 57.4 Å². The largest absolute Gasteiger partial charge is 0.465 e. The van der Waals surface area contributed by atoms with Crippen molar-refractivity contribution in [1.29, 1.82) is 0 Å². The zero-order valence-corrected chi connectivity index (χ0v) is 18.0. The van der Waals surface area contributed by atoms with Crippen LogP contribution in [0.2, 0.25) is 0 Å². The van der Waals surface area contributed by atoms with Crippen LogP contribution in [0.3, 0.4) is 0 Å². The number of amides is 2. The normalized spacial score (nSPS) is 11.5. The Morgan fingerprint density at radius 2 is 1.57 bits per heavy atom. The maximum atomic E-state index is 12.3. The Bertz CT molecular complexity index is 877. The number of benzene rings is 2. The second-order valence-corrected chi connectivity index (χ2v) is 7.35. The first-order valence-electron chi connectivity index (χ1n) is 9.57. The van der Waals surface area contributed by atoms with Gasteiger partial charge in [-0.1, -0.05) is 12.1 Å². The Kier molecular flexibility index (Phi) is 7.94. The fourth-order valence-electron chi connectivity index (χ4n) is 2.93. The highest BCUT2D eigenvalue weighted by atomic mass is 16.5. The van der Waals surface area contributed by atoms with Crippen LogP contribution in [0, 0.1) is 0 Å². The first-order chi connectivity index (χ1) is 14.2. The van der Waals surface area contributed by atoms with Crippen LogP contribution in [0.5, 0.6) is 0 Å². The number of likely N-dealkylation sites (N-methyl/N-ethyl adjacent to an activating group) is 1.